The zero-order chi connectivity index (χ0) is 12.6. The van der Waals surface area contributed by atoms with Crippen molar-refractivity contribution in [1.29, 1.82) is 0 Å². The van der Waals surface area contributed by atoms with Crippen LogP contribution in [0.3, 0.4) is 0 Å². The van der Waals surface area contributed by atoms with Crippen molar-refractivity contribution in [3.8, 4) is 5.82 Å². The predicted molar refractivity (Wildman–Crippen MR) is 66.2 cm³/mol. The number of aromatic nitrogens is 3. The molecule has 0 radical (unpaired) electrons. The summed E-state index contributed by atoms with van der Waals surface area (Å²) in [6, 6.07) is 3.75. The molecule has 1 atom stereocenters. The minimum absolute atomic E-state index is 0.487. The molecule has 4 nitrogen and oxygen atoms in total. The van der Waals surface area contributed by atoms with Crippen LogP contribution in [0.4, 0.5) is 0 Å². The summed E-state index contributed by atoms with van der Waals surface area (Å²) in [5.41, 5.74) is 4.11. The summed E-state index contributed by atoms with van der Waals surface area (Å²) in [5, 5.41) is 13.9. The second-order valence-electron chi connectivity index (χ2n) is 4.33. The van der Waals surface area contributed by atoms with E-state index in [4.69, 9.17) is 0 Å². The Morgan fingerprint density at radius 2 is 1.94 bits per heavy atom. The molecular formula is C13H17N3O. The Bertz CT molecular complexity index is 526. The molecule has 1 N–H and O–H groups in total. The summed E-state index contributed by atoms with van der Waals surface area (Å²) in [4.78, 5) is 4.33. The lowest BCUT2D eigenvalue weighted by Crippen LogP contribution is -2.03. The molecule has 1 unspecified atom stereocenters. The molecule has 0 saturated heterocycles. The molecule has 2 aromatic rings. The molecule has 4 heteroatoms. The lowest BCUT2D eigenvalue weighted by Gasteiger charge is -2.06. The molecule has 0 amide bonds. The van der Waals surface area contributed by atoms with Crippen LogP contribution in [0.2, 0.25) is 0 Å². The molecule has 2 heterocycles. The first kappa shape index (κ1) is 11.8. The van der Waals surface area contributed by atoms with Crippen molar-refractivity contribution in [2.24, 2.45) is 0 Å². The molecule has 0 saturated carbocycles. The Kier molecular flexibility index (Phi) is 2.98. The van der Waals surface area contributed by atoms with E-state index in [0.29, 0.717) is 0 Å². The Balaban J connectivity index is 2.43. The van der Waals surface area contributed by atoms with Crippen LogP contribution in [0.1, 0.15) is 35.5 Å². The van der Waals surface area contributed by atoms with E-state index in [1.54, 1.807) is 13.1 Å². The van der Waals surface area contributed by atoms with Crippen molar-refractivity contribution in [1.82, 2.24) is 14.8 Å². The Hall–Kier alpha value is -1.68. The van der Waals surface area contributed by atoms with Crippen molar-refractivity contribution >= 4 is 0 Å². The number of nitrogens with zero attached hydrogens (tertiary/aromatic N) is 3. The highest BCUT2D eigenvalue weighted by molar-refractivity contribution is 5.32. The van der Waals surface area contributed by atoms with Gasteiger partial charge in [-0.15, -0.1) is 0 Å². The largest absolute Gasteiger partial charge is 0.389 e. The minimum atomic E-state index is -0.487. The fourth-order valence-electron chi connectivity index (χ4n) is 1.71. The first-order valence-electron chi connectivity index (χ1n) is 5.68. The van der Waals surface area contributed by atoms with Gasteiger partial charge < -0.3 is 5.11 Å². The number of pyridine rings is 1. The van der Waals surface area contributed by atoms with E-state index >= 15 is 0 Å². The van der Waals surface area contributed by atoms with Crippen LogP contribution in [-0.2, 0) is 0 Å². The number of aliphatic hydroxyl groups excluding tert-OH is 1. The van der Waals surface area contributed by atoms with Crippen LogP contribution in [0.15, 0.2) is 18.3 Å². The van der Waals surface area contributed by atoms with Crippen molar-refractivity contribution in [3.63, 3.8) is 0 Å². The molecule has 0 fully saturated rings. The monoisotopic (exact) mass is 231 g/mol. The van der Waals surface area contributed by atoms with E-state index in [1.807, 2.05) is 30.7 Å². The van der Waals surface area contributed by atoms with Gasteiger partial charge in [0.2, 0.25) is 0 Å². The molecule has 90 valence electrons. The van der Waals surface area contributed by atoms with Gasteiger partial charge in [-0.1, -0.05) is 6.07 Å². The molecule has 0 aromatic carbocycles. The second-order valence-corrected chi connectivity index (χ2v) is 4.33. The lowest BCUT2D eigenvalue weighted by atomic mass is 10.2. The number of rotatable bonds is 2. The average molecular weight is 231 g/mol. The molecule has 0 spiro atoms. The number of hydrogen-bond acceptors (Lipinski definition) is 3. The highest BCUT2D eigenvalue weighted by Gasteiger charge is 2.10. The highest BCUT2D eigenvalue weighted by Crippen LogP contribution is 2.17. The molecule has 17 heavy (non-hydrogen) atoms. The summed E-state index contributed by atoms with van der Waals surface area (Å²) in [7, 11) is 0. The summed E-state index contributed by atoms with van der Waals surface area (Å²) < 4.78 is 1.83. The first-order valence-corrected chi connectivity index (χ1v) is 5.68. The normalized spacial score (nSPS) is 12.8. The molecule has 0 aliphatic heterocycles. The summed E-state index contributed by atoms with van der Waals surface area (Å²) in [6.45, 7) is 7.80. The van der Waals surface area contributed by atoms with Gasteiger partial charge in [-0.2, -0.15) is 5.10 Å². The maximum atomic E-state index is 9.43. The van der Waals surface area contributed by atoms with E-state index in [9.17, 15) is 5.11 Å². The molecule has 2 rings (SSSR count). The van der Waals surface area contributed by atoms with Gasteiger partial charge in [0.15, 0.2) is 5.82 Å². The zero-order valence-corrected chi connectivity index (χ0v) is 10.6. The standard InChI is InChI=1S/C13H17N3O/c1-8-9(2)15-16(10(8)3)13-6-5-12(7-14-13)11(4)17/h5-7,11,17H,1-4H3. The first-order chi connectivity index (χ1) is 8.00. The van der Waals surface area contributed by atoms with Gasteiger partial charge in [0.1, 0.15) is 0 Å². The second kappa shape index (κ2) is 4.30. The van der Waals surface area contributed by atoms with Crippen LogP contribution in [0.5, 0.6) is 0 Å². The molecular weight excluding hydrogens is 214 g/mol. The molecule has 0 bridgehead atoms. The zero-order valence-electron chi connectivity index (χ0n) is 10.6. The summed E-state index contributed by atoms with van der Waals surface area (Å²) in [5.74, 6) is 0.781. The van der Waals surface area contributed by atoms with Crippen LogP contribution >= 0.6 is 0 Å². The lowest BCUT2D eigenvalue weighted by molar-refractivity contribution is 0.199. The molecule has 2 aromatic heterocycles. The van der Waals surface area contributed by atoms with Crippen LogP contribution < -0.4 is 0 Å². The third-order valence-electron chi connectivity index (χ3n) is 3.12. The van der Waals surface area contributed by atoms with Crippen LogP contribution in [-0.4, -0.2) is 19.9 Å². The van der Waals surface area contributed by atoms with Crippen LogP contribution in [0, 0.1) is 20.8 Å². The van der Waals surface area contributed by atoms with Crippen molar-refractivity contribution in [2.45, 2.75) is 33.8 Å². The summed E-state index contributed by atoms with van der Waals surface area (Å²) in [6.07, 6.45) is 1.20. The maximum absolute atomic E-state index is 9.43. The van der Waals surface area contributed by atoms with Gasteiger partial charge in [0, 0.05) is 11.9 Å². The summed E-state index contributed by atoms with van der Waals surface area (Å²) >= 11 is 0. The van der Waals surface area contributed by atoms with E-state index < -0.39 is 6.10 Å². The van der Waals surface area contributed by atoms with Crippen molar-refractivity contribution < 1.29 is 5.11 Å². The van der Waals surface area contributed by atoms with Gasteiger partial charge in [0.05, 0.1) is 11.8 Å². The van der Waals surface area contributed by atoms with Gasteiger partial charge in [-0.25, -0.2) is 9.67 Å². The third-order valence-corrected chi connectivity index (χ3v) is 3.12. The predicted octanol–water partition coefficient (Wildman–Crippen LogP) is 2.25. The topological polar surface area (TPSA) is 50.9 Å². The van der Waals surface area contributed by atoms with Gasteiger partial charge >= 0.3 is 0 Å². The van der Waals surface area contributed by atoms with E-state index in [0.717, 1.165) is 22.8 Å². The Morgan fingerprint density at radius 1 is 1.24 bits per heavy atom. The van der Waals surface area contributed by atoms with Gasteiger partial charge in [0.25, 0.3) is 0 Å². The van der Waals surface area contributed by atoms with E-state index in [1.165, 1.54) is 5.56 Å². The van der Waals surface area contributed by atoms with Crippen molar-refractivity contribution in [2.75, 3.05) is 0 Å². The Morgan fingerprint density at radius 3 is 2.35 bits per heavy atom. The van der Waals surface area contributed by atoms with Crippen molar-refractivity contribution in [3.05, 3.63) is 40.8 Å². The number of aryl methyl sites for hydroxylation is 1. The number of hydrogen-bond donors (Lipinski definition) is 1. The van der Waals surface area contributed by atoms with Gasteiger partial charge in [-0.05, 0) is 44.9 Å². The Labute approximate surface area is 101 Å². The minimum Gasteiger partial charge on any atom is -0.389 e. The fraction of sp³-hybridized carbons (Fsp3) is 0.385. The smallest absolute Gasteiger partial charge is 0.153 e. The quantitative estimate of drug-likeness (QED) is 0.862. The maximum Gasteiger partial charge on any atom is 0.153 e. The fourth-order valence-corrected chi connectivity index (χ4v) is 1.71. The van der Waals surface area contributed by atoms with E-state index in [-0.39, 0.29) is 0 Å². The molecule has 0 aliphatic carbocycles. The third kappa shape index (κ3) is 2.08. The average Bonchev–Trinajstić information content (AvgIpc) is 2.57. The highest BCUT2D eigenvalue weighted by atomic mass is 16.3. The number of aliphatic hydroxyl groups is 1. The molecule has 0 aliphatic rings. The van der Waals surface area contributed by atoms with Crippen LogP contribution in [0.25, 0.3) is 5.82 Å². The van der Waals surface area contributed by atoms with Gasteiger partial charge in [-0.3, -0.25) is 0 Å². The van der Waals surface area contributed by atoms with E-state index in [2.05, 4.69) is 17.0 Å². The SMILES string of the molecule is Cc1nn(-c2ccc(C(C)O)cn2)c(C)c1C.